The van der Waals surface area contributed by atoms with E-state index in [1.54, 1.807) is 18.3 Å². The predicted octanol–water partition coefficient (Wildman–Crippen LogP) is 1.09. The van der Waals surface area contributed by atoms with Gasteiger partial charge in [-0.05, 0) is 30.6 Å². The number of nitrogens with zero attached hydrogens (tertiary/aromatic N) is 1. The van der Waals surface area contributed by atoms with Gasteiger partial charge < -0.3 is 15.7 Å². The van der Waals surface area contributed by atoms with Crippen LogP contribution in [-0.4, -0.2) is 40.1 Å². The average Bonchev–Trinajstić information content (AvgIpc) is 2.42. The van der Waals surface area contributed by atoms with Gasteiger partial charge in [0, 0.05) is 6.20 Å². The minimum Gasteiger partial charge on any atom is -0.480 e. The van der Waals surface area contributed by atoms with E-state index in [2.05, 4.69) is 15.6 Å². The Labute approximate surface area is 116 Å². The number of thioether (sulfide) groups is 1. The predicted molar refractivity (Wildman–Crippen MR) is 74.0 cm³/mol. The fraction of sp³-hybridized carbons (Fsp3) is 0.417. The lowest BCUT2D eigenvalue weighted by Crippen LogP contribution is -2.46. The van der Waals surface area contributed by atoms with Crippen molar-refractivity contribution in [2.45, 2.75) is 19.0 Å². The van der Waals surface area contributed by atoms with E-state index in [-0.39, 0.29) is 6.54 Å². The fourth-order valence-electron chi connectivity index (χ4n) is 1.38. The van der Waals surface area contributed by atoms with Crippen LogP contribution in [0.25, 0.3) is 0 Å². The van der Waals surface area contributed by atoms with Gasteiger partial charge in [-0.1, -0.05) is 6.07 Å². The highest BCUT2D eigenvalue weighted by Crippen LogP contribution is 2.01. The summed E-state index contributed by atoms with van der Waals surface area (Å²) in [7, 11) is 0. The number of hydrogen-bond acceptors (Lipinski definition) is 4. The van der Waals surface area contributed by atoms with Crippen LogP contribution in [0.5, 0.6) is 0 Å². The average molecular weight is 283 g/mol. The molecule has 0 spiro atoms. The second kappa shape index (κ2) is 8.36. The fourth-order valence-corrected chi connectivity index (χ4v) is 1.85. The third kappa shape index (κ3) is 6.10. The van der Waals surface area contributed by atoms with Crippen LogP contribution in [0.4, 0.5) is 4.79 Å². The number of carboxylic acid groups (broad SMARTS) is 1. The molecule has 6 nitrogen and oxygen atoms in total. The van der Waals surface area contributed by atoms with Crippen LogP contribution in [0.1, 0.15) is 12.1 Å². The topological polar surface area (TPSA) is 91.3 Å². The molecule has 1 atom stereocenters. The molecule has 3 N–H and O–H groups in total. The van der Waals surface area contributed by atoms with Crippen molar-refractivity contribution in [3.63, 3.8) is 0 Å². The molecule has 0 bridgehead atoms. The summed E-state index contributed by atoms with van der Waals surface area (Å²) in [6.07, 6.45) is 3.92. The van der Waals surface area contributed by atoms with Gasteiger partial charge in [0.2, 0.25) is 0 Å². The number of urea groups is 1. The maximum Gasteiger partial charge on any atom is 0.326 e. The Balaban J connectivity index is 2.38. The van der Waals surface area contributed by atoms with Gasteiger partial charge in [0.05, 0.1) is 12.2 Å². The molecule has 0 aliphatic heterocycles. The van der Waals surface area contributed by atoms with Crippen molar-refractivity contribution < 1.29 is 14.7 Å². The lowest BCUT2D eigenvalue weighted by atomic mass is 10.2. The zero-order valence-electron chi connectivity index (χ0n) is 10.6. The first-order chi connectivity index (χ1) is 9.13. The number of hydrogen-bond donors (Lipinski definition) is 3. The molecule has 0 aromatic carbocycles. The van der Waals surface area contributed by atoms with Crippen LogP contribution < -0.4 is 10.6 Å². The molecule has 1 rings (SSSR count). The zero-order valence-corrected chi connectivity index (χ0v) is 11.4. The van der Waals surface area contributed by atoms with Gasteiger partial charge in [0.1, 0.15) is 6.04 Å². The highest BCUT2D eigenvalue weighted by molar-refractivity contribution is 7.98. The van der Waals surface area contributed by atoms with Crippen LogP contribution in [0.3, 0.4) is 0 Å². The lowest BCUT2D eigenvalue weighted by molar-refractivity contribution is -0.139. The summed E-state index contributed by atoms with van der Waals surface area (Å²) in [4.78, 5) is 26.6. The van der Waals surface area contributed by atoms with Gasteiger partial charge in [-0.15, -0.1) is 0 Å². The highest BCUT2D eigenvalue weighted by Gasteiger charge is 2.18. The zero-order chi connectivity index (χ0) is 14.1. The number of carbonyl (C=O) groups is 2. The Hall–Kier alpha value is -1.76. The van der Waals surface area contributed by atoms with E-state index in [4.69, 9.17) is 5.11 Å². The van der Waals surface area contributed by atoms with Gasteiger partial charge in [-0.3, -0.25) is 4.98 Å². The molecule has 1 heterocycles. The number of carboxylic acids is 1. The molecule has 19 heavy (non-hydrogen) atoms. The molecule has 0 unspecified atom stereocenters. The van der Waals surface area contributed by atoms with E-state index >= 15 is 0 Å². The van der Waals surface area contributed by atoms with E-state index in [1.807, 2.05) is 12.3 Å². The van der Waals surface area contributed by atoms with E-state index in [1.165, 1.54) is 11.8 Å². The standard InChI is InChI=1S/C12H17N3O3S/c1-19-7-5-10(11(16)17)15-12(18)14-8-9-4-2-3-6-13-9/h2-4,6,10H,5,7-8H2,1H3,(H,16,17)(H2,14,15,18)/t10-/m1/s1. The number of carbonyl (C=O) groups excluding carboxylic acids is 1. The molecular weight excluding hydrogens is 266 g/mol. The van der Waals surface area contributed by atoms with Crippen molar-refractivity contribution in [1.82, 2.24) is 15.6 Å². The first-order valence-electron chi connectivity index (χ1n) is 5.79. The van der Waals surface area contributed by atoms with Gasteiger partial charge in [0.25, 0.3) is 0 Å². The van der Waals surface area contributed by atoms with Crippen LogP contribution in [0, 0.1) is 0 Å². The Bertz CT molecular complexity index is 414. The van der Waals surface area contributed by atoms with Crippen molar-refractivity contribution >= 4 is 23.8 Å². The number of nitrogens with one attached hydrogen (secondary N) is 2. The van der Waals surface area contributed by atoms with Gasteiger partial charge in [-0.25, -0.2) is 9.59 Å². The molecule has 0 radical (unpaired) electrons. The van der Waals surface area contributed by atoms with Gasteiger partial charge >= 0.3 is 12.0 Å². The summed E-state index contributed by atoms with van der Waals surface area (Å²) >= 11 is 1.54. The van der Waals surface area contributed by atoms with Crippen molar-refractivity contribution in [1.29, 1.82) is 0 Å². The maximum atomic E-state index is 11.6. The lowest BCUT2D eigenvalue weighted by Gasteiger charge is -2.14. The maximum absolute atomic E-state index is 11.6. The third-order valence-corrected chi connectivity index (χ3v) is 3.01. The van der Waals surface area contributed by atoms with Crippen LogP contribution in [-0.2, 0) is 11.3 Å². The Morgan fingerprint density at radius 2 is 2.26 bits per heavy atom. The number of aliphatic carboxylic acids is 1. The number of rotatable bonds is 7. The molecule has 0 saturated heterocycles. The summed E-state index contributed by atoms with van der Waals surface area (Å²) < 4.78 is 0. The van der Waals surface area contributed by atoms with E-state index in [0.717, 1.165) is 0 Å². The molecule has 0 aliphatic rings. The smallest absolute Gasteiger partial charge is 0.326 e. The van der Waals surface area contributed by atoms with Crippen molar-refractivity contribution in [2.24, 2.45) is 0 Å². The molecular formula is C12H17N3O3S. The first-order valence-corrected chi connectivity index (χ1v) is 7.19. The monoisotopic (exact) mass is 283 g/mol. The molecule has 0 saturated carbocycles. The van der Waals surface area contributed by atoms with E-state index in [9.17, 15) is 9.59 Å². The number of pyridine rings is 1. The van der Waals surface area contributed by atoms with Crippen LogP contribution >= 0.6 is 11.8 Å². The molecule has 0 fully saturated rings. The summed E-state index contributed by atoms with van der Waals surface area (Å²) in [6.45, 7) is 0.265. The van der Waals surface area contributed by atoms with Crippen LogP contribution in [0.2, 0.25) is 0 Å². The Morgan fingerprint density at radius 3 is 2.84 bits per heavy atom. The first kappa shape index (κ1) is 15.3. The van der Waals surface area contributed by atoms with Gasteiger partial charge in [-0.2, -0.15) is 11.8 Å². The largest absolute Gasteiger partial charge is 0.480 e. The summed E-state index contributed by atoms with van der Waals surface area (Å²) in [5.41, 5.74) is 0.716. The molecule has 104 valence electrons. The van der Waals surface area contributed by atoms with Gasteiger partial charge in [0.15, 0.2) is 0 Å². The number of aromatic nitrogens is 1. The molecule has 7 heteroatoms. The normalized spacial score (nSPS) is 11.6. The third-order valence-electron chi connectivity index (χ3n) is 2.37. The van der Waals surface area contributed by atoms with Crippen LogP contribution in [0.15, 0.2) is 24.4 Å². The van der Waals surface area contributed by atoms with E-state index < -0.39 is 18.0 Å². The minimum atomic E-state index is -1.03. The summed E-state index contributed by atoms with van der Waals surface area (Å²) in [6, 6.07) is 4.02. The molecule has 2 amide bonds. The van der Waals surface area contributed by atoms with Crippen molar-refractivity contribution in [3.8, 4) is 0 Å². The molecule has 0 aliphatic carbocycles. The summed E-state index contributed by atoms with van der Waals surface area (Å²) in [5, 5.41) is 14.0. The molecule has 1 aromatic heterocycles. The van der Waals surface area contributed by atoms with E-state index in [0.29, 0.717) is 17.9 Å². The second-order valence-electron chi connectivity index (χ2n) is 3.82. The van der Waals surface area contributed by atoms with Crippen molar-refractivity contribution in [2.75, 3.05) is 12.0 Å². The quantitative estimate of drug-likeness (QED) is 0.696. The SMILES string of the molecule is CSCC[C@@H](NC(=O)NCc1ccccn1)C(=O)O. The highest BCUT2D eigenvalue weighted by atomic mass is 32.2. The Morgan fingerprint density at radius 1 is 1.47 bits per heavy atom. The number of amides is 2. The summed E-state index contributed by atoms with van der Waals surface area (Å²) in [5.74, 6) is -0.348. The molecule has 1 aromatic rings. The minimum absolute atomic E-state index is 0.265. The Kier molecular flexibility index (Phi) is 6.73. The van der Waals surface area contributed by atoms with Crippen molar-refractivity contribution in [3.05, 3.63) is 30.1 Å². The second-order valence-corrected chi connectivity index (χ2v) is 4.81.